The van der Waals surface area contributed by atoms with Gasteiger partial charge in [-0.05, 0) is 59.6 Å². The van der Waals surface area contributed by atoms with Gasteiger partial charge >= 0.3 is 6.09 Å². The van der Waals surface area contributed by atoms with Crippen LogP contribution in [0.5, 0.6) is 0 Å². The van der Waals surface area contributed by atoms with Crippen LogP contribution in [0, 0.1) is 5.82 Å². The van der Waals surface area contributed by atoms with Gasteiger partial charge in [-0.25, -0.2) is 9.18 Å². The van der Waals surface area contributed by atoms with Crippen LogP contribution >= 0.6 is 0 Å². The summed E-state index contributed by atoms with van der Waals surface area (Å²) in [6.07, 6.45) is 6.35. The van der Waals surface area contributed by atoms with Crippen molar-refractivity contribution in [1.29, 1.82) is 0 Å². The SMILES string of the molecule is C\C=C(C(/C(C)=N/C=C/CC)=C(/C)N1CCN(C(=O)OC(C)(C)C)CC1)\c1ccccc1F. The molecule has 0 bridgehead atoms. The molecule has 1 fully saturated rings. The molecule has 0 saturated carbocycles. The van der Waals surface area contributed by atoms with Gasteiger partial charge in [0.1, 0.15) is 11.4 Å². The number of carbonyl (C=O) groups is 1. The maximum absolute atomic E-state index is 14.7. The third kappa shape index (κ3) is 7.31. The molecule has 0 radical (unpaired) electrons. The summed E-state index contributed by atoms with van der Waals surface area (Å²) in [6.45, 7) is 16.1. The highest BCUT2D eigenvalue weighted by Crippen LogP contribution is 2.31. The zero-order chi connectivity index (χ0) is 24.6. The number of rotatable bonds is 6. The monoisotopic (exact) mass is 455 g/mol. The molecule has 1 aliphatic heterocycles. The first kappa shape index (κ1) is 26.4. The molecular formula is C27H38FN3O2. The fraction of sp³-hybridized carbons (Fsp3) is 0.481. The summed E-state index contributed by atoms with van der Waals surface area (Å²) in [5.41, 5.74) is 3.60. The zero-order valence-electron chi connectivity index (χ0n) is 21.1. The Morgan fingerprint density at radius 1 is 1.12 bits per heavy atom. The van der Waals surface area contributed by atoms with Crippen LogP contribution in [0.25, 0.3) is 5.57 Å². The summed E-state index contributed by atoms with van der Waals surface area (Å²) in [5.74, 6) is -0.262. The molecule has 33 heavy (non-hydrogen) atoms. The number of hydrogen-bond acceptors (Lipinski definition) is 4. The molecule has 0 N–H and O–H groups in total. The van der Waals surface area contributed by atoms with Crippen LogP contribution in [-0.2, 0) is 4.74 Å². The number of carbonyl (C=O) groups excluding carboxylic acids is 1. The summed E-state index contributed by atoms with van der Waals surface area (Å²) >= 11 is 0. The lowest BCUT2D eigenvalue weighted by Crippen LogP contribution is -2.49. The van der Waals surface area contributed by atoms with Gasteiger partial charge in [0, 0.05) is 54.9 Å². The van der Waals surface area contributed by atoms with Gasteiger partial charge in [-0.3, -0.25) is 4.99 Å². The van der Waals surface area contributed by atoms with Crippen molar-refractivity contribution in [3.05, 3.63) is 65.3 Å². The average molecular weight is 456 g/mol. The molecule has 5 nitrogen and oxygen atoms in total. The fourth-order valence-corrected chi connectivity index (χ4v) is 3.81. The molecule has 0 spiro atoms. The van der Waals surface area contributed by atoms with E-state index >= 15 is 0 Å². The number of allylic oxidation sites excluding steroid dienone is 5. The van der Waals surface area contributed by atoms with Gasteiger partial charge in [0.2, 0.25) is 0 Å². The molecule has 0 aliphatic carbocycles. The normalized spacial score (nSPS) is 16.8. The molecule has 1 aromatic rings. The molecule has 180 valence electrons. The van der Waals surface area contributed by atoms with Gasteiger partial charge in [0.15, 0.2) is 0 Å². The molecule has 1 heterocycles. The zero-order valence-corrected chi connectivity index (χ0v) is 21.1. The quantitative estimate of drug-likeness (QED) is 0.366. The second-order valence-corrected chi connectivity index (χ2v) is 9.10. The summed E-state index contributed by atoms with van der Waals surface area (Å²) in [7, 11) is 0. The van der Waals surface area contributed by atoms with E-state index in [1.165, 1.54) is 6.07 Å². The second kappa shape index (κ2) is 11.8. The van der Waals surface area contributed by atoms with Crippen molar-refractivity contribution in [1.82, 2.24) is 9.80 Å². The van der Waals surface area contributed by atoms with E-state index in [0.29, 0.717) is 31.7 Å². The van der Waals surface area contributed by atoms with Crippen LogP contribution in [0.15, 0.2) is 58.9 Å². The number of aliphatic imine (C=N–C) groups is 1. The van der Waals surface area contributed by atoms with E-state index in [0.717, 1.165) is 29.0 Å². The molecule has 0 unspecified atom stereocenters. The minimum absolute atomic E-state index is 0.262. The van der Waals surface area contributed by atoms with Crippen molar-refractivity contribution in [2.45, 2.75) is 60.5 Å². The van der Waals surface area contributed by atoms with Crippen LogP contribution in [-0.4, -0.2) is 53.4 Å². The molecule has 0 aromatic heterocycles. The Balaban J connectivity index is 2.39. The maximum atomic E-state index is 14.7. The predicted octanol–water partition coefficient (Wildman–Crippen LogP) is 6.44. The minimum Gasteiger partial charge on any atom is -0.444 e. The maximum Gasteiger partial charge on any atom is 0.410 e. The third-order valence-corrected chi connectivity index (χ3v) is 5.46. The number of nitrogens with zero attached hydrogens (tertiary/aromatic N) is 3. The molecule has 6 heteroatoms. The smallest absolute Gasteiger partial charge is 0.410 e. The third-order valence-electron chi connectivity index (χ3n) is 5.46. The lowest BCUT2D eigenvalue weighted by atomic mass is 9.92. The lowest BCUT2D eigenvalue weighted by Gasteiger charge is -2.38. The molecular weight excluding hydrogens is 417 g/mol. The Morgan fingerprint density at radius 2 is 1.73 bits per heavy atom. The second-order valence-electron chi connectivity index (χ2n) is 9.10. The number of ether oxygens (including phenoxy) is 1. The molecule has 0 atom stereocenters. The summed E-state index contributed by atoms with van der Waals surface area (Å²) < 4.78 is 20.3. The van der Waals surface area contributed by atoms with Gasteiger partial charge < -0.3 is 14.5 Å². The first-order valence-corrected chi connectivity index (χ1v) is 11.6. The van der Waals surface area contributed by atoms with Crippen LogP contribution in [0.2, 0.25) is 0 Å². The van der Waals surface area contributed by atoms with Crippen molar-refractivity contribution >= 4 is 17.4 Å². The highest BCUT2D eigenvalue weighted by molar-refractivity contribution is 6.12. The van der Waals surface area contributed by atoms with E-state index in [2.05, 4.69) is 16.8 Å². The minimum atomic E-state index is -0.516. The fourth-order valence-electron chi connectivity index (χ4n) is 3.81. The predicted molar refractivity (Wildman–Crippen MR) is 135 cm³/mol. The van der Waals surface area contributed by atoms with E-state index in [1.807, 2.05) is 59.8 Å². The van der Waals surface area contributed by atoms with E-state index < -0.39 is 5.60 Å². The van der Waals surface area contributed by atoms with Crippen molar-refractivity contribution in [2.24, 2.45) is 4.99 Å². The van der Waals surface area contributed by atoms with Gasteiger partial charge in [0.05, 0.1) is 0 Å². The topological polar surface area (TPSA) is 45.1 Å². The highest BCUT2D eigenvalue weighted by atomic mass is 19.1. The van der Waals surface area contributed by atoms with Crippen LogP contribution in [0.1, 0.15) is 60.5 Å². The lowest BCUT2D eigenvalue weighted by molar-refractivity contribution is 0.0168. The molecule has 1 aliphatic rings. The Labute approximate surface area is 198 Å². The van der Waals surface area contributed by atoms with Crippen molar-refractivity contribution in [3.8, 4) is 0 Å². The van der Waals surface area contributed by atoms with Crippen LogP contribution in [0.4, 0.5) is 9.18 Å². The van der Waals surface area contributed by atoms with Crippen molar-refractivity contribution in [2.75, 3.05) is 26.2 Å². The van der Waals surface area contributed by atoms with E-state index in [9.17, 15) is 9.18 Å². The number of hydrogen-bond donors (Lipinski definition) is 0. The summed E-state index contributed by atoms with van der Waals surface area (Å²) in [4.78, 5) is 21.1. The Kier molecular flexibility index (Phi) is 9.44. The van der Waals surface area contributed by atoms with E-state index in [1.54, 1.807) is 23.2 Å². The molecule has 1 saturated heterocycles. The highest BCUT2D eigenvalue weighted by Gasteiger charge is 2.27. The van der Waals surface area contributed by atoms with Gasteiger partial charge in [-0.2, -0.15) is 0 Å². The molecule has 2 rings (SSSR count). The first-order valence-electron chi connectivity index (χ1n) is 11.6. The van der Waals surface area contributed by atoms with Crippen LogP contribution in [0.3, 0.4) is 0 Å². The average Bonchev–Trinajstić information content (AvgIpc) is 2.76. The largest absolute Gasteiger partial charge is 0.444 e. The Hall–Kier alpha value is -2.89. The summed E-state index contributed by atoms with van der Waals surface area (Å²) in [6, 6.07) is 6.82. The van der Waals surface area contributed by atoms with Crippen molar-refractivity contribution in [3.63, 3.8) is 0 Å². The first-order chi connectivity index (χ1) is 15.6. The van der Waals surface area contributed by atoms with Gasteiger partial charge in [0.25, 0.3) is 0 Å². The van der Waals surface area contributed by atoms with E-state index in [4.69, 9.17) is 4.74 Å². The summed E-state index contributed by atoms with van der Waals surface area (Å²) in [5, 5.41) is 0. The molecule has 1 amide bonds. The standard InChI is InChI=1S/C27H38FN3O2/c1-8-10-15-29-20(3)25(22(9-2)23-13-11-12-14-24(23)28)21(4)30-16-18-31(19-17-30)26(32)33-27(5,6)7/h9-15H,8,16-19H2,1-7H3/b15-10+,22-9-,25-21-,29-20+. The Morgan fingerprint density at radius 3 is 2.27 bits per heavy atom. The number of halogens is 1. The van der Waals surface area contributed by atoms with Gasteiger partial charge in [-0.1, -0.05) is 37.3 Å². The Bertz CT molecular complexity index is 946. The molecule has 1 aromatic carbocycles. The van der Waals surface area contributed by atoms with Gasteiger partial charge in [-0.15, -0.1) is 0 Å². The number of benzene rings is 1. The number of piperazine rings is 1. The van der Waals surface area contributed by atoms with Crippen molar-refractivity contribution < 1.29 is 13.9 Å². The number of amides is 1. The van der Waals surface area contributed by atoms with E-state index in [-0.39, 0.29) is 11.9 Å². The van der Waals surface area contributed by atoms with Crippen LogP contribution < -0.4 is 0 Å².